The smallest absolute Gasteiger partial charge is 0.224 e. The van der Waals surface area contributed by atoms with Crippen molar-refractivity contribution in [3.63, 3.8) is 0 Å². The Balaban J connectivity index is 1.89. The first-order chi connectivity index (χ1) is 9.29. The fraction of sp³-hybridized carbons (Fsp3) is 0.562. The average Bonchev–Trinajstić information content (AvgIpc) is 2.68. The lowest BCUT2D eigenvalue weighted by atomic mass is 10.0. The normalized spacial score (nSPS) is 16.9. The number of amides is 1. The minimum absolute atomic E-state index is 0.132. The molecule has 3 N–H and O–H groups in total. The molecule has 3 heteroatoms. The molecule has 0 bridgehead atoms. The van der Waals surface area contributed by atoms with Gasteiger partial charge in [0.15, 0.2) is 0 Å². The summed E-state index contributed by atoms with van der Waals surface area (Å²) in [7, 11) is 0. The van der Waals surface area contributed by atoms with Crippen molar-refractivity contribution in [3.05, 3.63) is 35.4 Å². The molecule has 1 aromatic carbocycles. The van der Waals surface area contributed by atoms with E-state index in [9.17, 15) is 4.79 Å². The summed E-state index contributed by atoms with van der Waals surface area (Å²) in [6.45, 7) is 0.493. The molecule has 1 aromatic rings. The molecule has 1 fully saturated rings. The van der Waals surface area contributed by atoms with Crippen LogP contribution in [0.1, 0.15) is 49.7 Å². The fourth-order valence-corrected chi connectivity index (χ4v) is 2.80. The molecule has 1 saturated carbocycles. The molecular formula is C16H24N2O. The van der Waals surface area contributed by atoms with Crippen LogP contribution in [-0.2, 0) is 17.8 Å². The van der Waals surface area contributed by atoms with Gasteiger partial charge in [-0.1, -0.05) is 49.9 Å². The predicted molar refractivity (Wildman–Crippen MR) is 77.7 cm³/mol. The van der Waals surface area contributed by atoms with E-state index in [1.54, 1.807) is 0 Å². The largest absolute Gasteiger partial charge is 0.353 e. The van der Waals surface area contributed by atoms with E-state index in [4.69, 9.17) is 5.73 Å². The number of hydrogen-bond acceptors (Lipinski definition) is 2. The van der Waals surface area contributed by atoms with Crippen LogP contribution < -0.4 is 11.1 Å². The second-order valence-corrected chi connectivity index (χ2v) is 5.41. The second-order valence-electron chi connectivity index (χ2n) is 5.41. The molecule has 19 heavy (non-hydrogen) atoms. The number of carbonyl (C=O) groups is 1. The SMILES string of the molecule is NCc1ccccc1CC(=O)NC1CCCCCC1. The van der Waals surface area contributed by atoms with Crippen molar-refractivity contribution in [2.45, 2.75) is 57.5 Å². The summed E-state index contributed by atoms with van der Waals surface area (Å²) >= 11 is 0. The van der Waals surface area contributed by atoms with Gasteiger partial charge in [-0.2, -0.15) is 0 Å². The van der Waals surface area contributed by atoms with Gasteiger partial charge >= 0.3 is 0 Å². The van der Waals surface area contributed by atoms with E-state index in [1.165, 1.54) is 25.7 Å². The second kappa shape index (κ2) is 7.29. The Kier molecular flexibility index (Phi) is 5.40. The minimum Gasteiger partial charge on any atom is -0.353 e. The quantitative estimate of drug-likeness (QED) is 0.817. The van der Waals surface area contributed by atoms with Crippen molar-refractivity contribution in [2.24, 2.45) is 5.73 Å². The molecule has 2 rings (SSSR count). The van der Waals surface area contributed by atoms with Gasteiger partial charge in [0, 0.05) is 12.6 Å². The molecule has 0 atom stereocenters. The lowest BCUT2D eigenvalue weighted by molar-refractivity contribution is -0.121. The van der Waals surface area contributed by atoms with Crippen LogP contribution in [0.4, 0.5) is 0 Å². The molecule has 0 unspecified atom stereocenters. The third kappa shape index (κ3) is 4.35. The summed E-state index contributed by atoms with van der Waals surface area (Å²) < 4.78 is 0. The summed E-state index contributed by atoms with van der Waals surface area (Å²) in [4.78, 5) is 12.1. The number of hydrogen-bond donors (Lipinski definition) is 2. The first kappa shape index (κ1) is 14.1. The molecule has 3 nitrogen and oxygen atoms in total. The lowest BCUT2D eigenvalue weighted by Gasteiger charge is -2.16. The predicted octanol–water partition coefficient (Wildman–Crippen LogP) is 2.53. The van der Waals surface area contributed by atoms with E-state index in [0.29, 0.717) is 19.0 Å². The fourth-order valence-electron chi connectivity index (χ4n) is 2.80. The molecule has 0 saturated heterocycles. The Labute approximate surface area is 115 Å². The molecule has 104 valence electrons. The van der Waals surface area contributed by atoms with Crippen LogP contribution in [-0.4, -0.2) is 11.9 Å². The van der Waals surface area contributed by atoms with Gasteiger partial charge in [0.2, 0.25) is 5.91 Å². The van der Waals surface area contributed by atoms with Gasteiger partial charge in [0.25, 0.3) is 0 Å². The molecule has 0 spiro atoms. The lowest BCUT2D eigenvalue weighted by Crippen LogP contribution is -2.35. The van der Waals surface area contributed by atoms with E-state index in [2.05, 4.69) is 5.32 Å². The summed E-state index contributed by atoms with van der Waals surface area (Å²) in [5.74, 6) is 0.132. The third-order valence-corrected chi connectivity index (χ3v) is 3.91. The van der Waals surface area contributed by atoms with Crippen LogP contribution in [0.5, 0.6) is 0 Å². The summed E-state index contributed by atoms with van der Waals surface area (Å²) in [6, 6.07) is 8.30. The van der Waals surface area contributed by atoms with Gasteiger partial charge in [-0.05, 0) is 24.0 Å². The van der Waals surface area contributed by atoms with Crippen molar-refractivity contribution in [1.29, 1.82) is 0 Å². The number of rotatable bonds is 4. The number of carbonyl (C=O) groups excluding carboxylic acids is 1. The van der Waals surface area contributed by atoms with Crippen molar-refractivity contribution in [3.8, 4) is 0 Å². The zero-order valence-electron chi connectivity index (χ0n) is 11.5. The standard InChI is InChI=1S/C16H24N2O/c17-12-14-8-6-5-7-13(14)11-16(19)18-15-9-3-1-2-4-10-15/h5-8,15H,1-4,9-12,17H2,(H,18,19). The van der Waals surface area contributed by atoms with Crippen LogP contribution in [0.3, 0.4) is 0 Å². The van der Waals surface area contributed by atoms with Crippen molar-refractivity contribution in [2.75, 3.05) is 0 Å². The van der Waals surface area contributed by atoms with Gasteiger partial charge in [-0.15, -0.1) is 0 Å². The van der Waals surface area contributed by atoms with Crippen molar-refractivity contribution < 1.29 is 4.79 Å². The van der Waals surface area contributed by atoms with Gasteiger partial charge in [-0.3, -0.25) is 4.79 Å². The zero-order valence-corrected chi connectivity index (χ0v) is 11.5. The van der Waals surface area contributed by atoms with Crippen LogP contribution in [0, 0.1) is 0 Å². The monoisotopic (exact) mass is 260 g/mol. The first-order valence-corrected chi connectivity index (χ1v) is 7.36. The highest BCUT2D eigenvalue weighted by atomic mass is 16.1. The van der Waals surface area contributed by atoms with E-state index < -0.39 is 0 Å². The van der Waals surface area contributed by atoms with Crippen LogP contribution in [0.2, 0.25) is 0 Å². The molecular weight excluding hydrogens is 236 g/mol. The van der Waals surface area contributed by atoms with Gasteiger partial charge in [-0.25, -0.2) is 0 Å². The van der Waals surface area contributed by atoms with E-state index in [0.717, 1.165) is 24.0 Å². The van der Waals surface area contributed by atoms with Gasteiger partial charge in [0.05, 0.1) is 6.42 Å². The Morgan fingerprint density at radius 3 is 2.37 bits per heavy atom. The Morgan fingerprint density at radius 2 is 1.74 bits per heavy atom. The van der Waals surface area contributed by atoms with Gasteiger partial charge < -0.3 is 11.1 Å². The molecule has 1 aliphatic carbocycles. The number of nitrogens with two attached hydrogens (primary N) is 1. The summed E-state index contributed by atoms with van der Waals surface area (Å²) in [5.41, 5.74) is 7.82. The Morgan fingerprint density at radius 1 is 1.11 bits per heavy atom. The molecule has 0 aromatic heterocycles. The van der Waals surface area contributed by atoms with Gasteiger partial charge in [0.1, 0.15) is 0 Å². The Bertz CT molecular complexity index is 409. The average molecular weight is 260 g/mol. The number of nitrogens with one attached hydrogen (secondary N) is 1. The third-order valence-electron chi connectivity index (χ3n) is 3.91. The Hall–Kier alpha value is -1.35. The maximum absolute atomic E-state index is 12.1. The minimum atomic E-state index is 0.132. The van der Waals surface area contributed by atoms with Crippen molar-refractivity contribution in [1.82, 2.24) is 5.32 Å². The highest BCUT2D eigenvalue weighted by molar-refractivity contribution is 5.79. The highest BCUT2D eigenvalue weighted by Crippen LogP contribution is 2.17. The van der Waals surface area contributed by atoms with E-state index in [1.807, 2.05) is 24.3 Å². The molecule has 1 amide bonds. The van der Waals surface area contributed by atoms with E-state index >= 15 is 0 Å². The maximum atomic E-state index is 12.1. The molecule has 0 radical (unpaired) electrons. The van der Waals surface area contributed by atoms with E-state index in [-0.39, 0.29) is 5.91 Å². The topological polar surface area (TPSA) is 55.1 Å². The maximum Gasteiger partial charge on any atom is 0.224 e. The highest BCUT2D eigenvalue weighted by Gasteiger charge is 2.15. The van der Waals surface area contributed by atoms with Crippen LogP contribution >= 0.6 is 0 Å². The molecule has 1 aliphatic rings. The van der Waals surface area contributed by atoms with Crippen molar-refractivity contribution >= 4 is 5.91 Å². The first-order valence-electron chi connectivity index (χ1n) is 7.36. The number of benzene rings is 1. The van der Waals surface area contributed by atoms with Crippen LogP contribution in [0.25, 0.3) is 0 Å². The summed E-state index contributed by atoms with van der Waals surface area (Å²) in [6.07, 6.45) is 7.80. The van der Waals surface area contributed by atoms with Crippen LogP contribution in [0.15, 0.2) is 24.3 Å². The summed E-state index contributed by atoms with van der Waals surface area (Å²) in [5, 5.41) is 3.18. The zero-order chi connectivity index (χ0) is 13.5. The molecule has 0 aliphatic heterocycles. The molecule has 0 heterocycles.